The Morgan fingerprint density at radius 1 is 1.38 bits per heavy atom. The maximum atomic E-state index is 12.4. The molecule has 1 heterocycles. The van der Waals surface area contributed by atoms with Gasteiger partial charge in [0.25, 0.3) is 0 Å². The molecule has 0 aliphatic heterocycles. The van der Waals surface area contributed by atoms with Crippen LogP contribution in [-0.4, -0.2) is 26.0 Å². The SMILES string of the molecule is C/C(=C/S(C)=O)n1c(C(=O)c2ccc(Br)cc2)noc1=O. The van der Waals surface area contributed by atoms with Crippen molar-refractivity contribution in [1.29, 1.82) is 0 Å². The van der Waals surface area contributed by atoms with Gasteiger partial charge in [-0.25, -0.2) is 9.36 Å². The van der Waals surface area contributed by atoms with Crippen LogP contribution in [0.15, 0.2) is 43.5 Å². The fraction of sp³-hybridized carbons (Fsp3) is 0.154. The first-order valence-electron chi connectivity index (χ1n) is 5.80. The van der Waals surface area contributed by atoms with E-state index in [1.807, 2.05) is 0 Å². The number of rotatable bonds is 4. The highest BCUT2D eigenvalue weighted by molar-refractivity contribution is 9.10. The molecule has 0 saturated heterocycles. The third kappa shape index (κ3) is 3.45. The van der Waals surface area contributed by atoms with Gasteiger partial charge in [-0.3, -0.25) is 13.5 Å². The first-order valence-corrected chi connectivity index (χ1v) is 8.21. The minimum Gasteiger partial charge on any atom is -0.295 e. The molecule has 2 aromatic rings. The van der Waals surface area contributed by atoms with Crippen molar-refractivity contribution in [2.24, 2.45) is 0 Å². The van der Waals surface area contributed by atoms with Crippen molar-refractivity contribution in [3.63, 3.8) is 0 Å². The molecule has 0 aliphatic carbocycles. The largest absolute Gasteiger partial charge is 0.446 e. The Morgan fingerprint density at radius 2 is 2.00 bits per heavy atom. The van der Waals surface area contributed by atoms with E-state index in [9.17, 15) is 13.8 Å². The van der Waals surface area contributed by atoms with Crippen LogP contribution >= 0.6 is 15.9 Å². The molecule has 8 heteroatoms. The minimum atomic E-state index is -1.27. The van der Waals surface area contributed by atoms with Crippen LogP contribution < -0.4 is 5.76 Å². The third-order valence-corrected chi connectivity index (χ3v) is 3.81. The van der Waals surface area contributed by atoms with Crippen LogP contribution in [0.3, 0.4) is 0 Å². The second-order valence-corrected chi connectivity index (χ2v) is 6.35. The van der Waals surface area contributed by atoms with Crippen molar-refractivity contribution >= 4 is 38.2 Å². The van der Waals surface area contributed by atoms with Gasteiger partial charge in [-0.2, -0.15) is 0 Å². The van der Waals surface area contributed by atoms with E-state index in [2.05, 4.69) is 25.6 Å². The molecule has 1 atom stereocenters. The van der Waals surface area contributed by atoms with E-state index in [-0.39, 0.29) is 5.82 Å². The van der Waals surface area contributed by atoms with Crippen LogP contribution in [0.5, 0.6) is 0 Å². The fourth-order valence-electron chi connectivity index (χ4n) is 1.73. The Hall–Kier alpha value is -1.80. The molecule has 0 N–H and O–H groups in total. The number of halogens is 1. The molecule has 0 aliphatic rings. The molecule has 21 heavy (non-hydrogen) atoms. The molecule has 0 spiro atoms. The molecule has 0 saturated carbocycles. The molecule has 0 amide bonds. The quantitative estimate of drug-likeness (QED) is 0.768. The molecular weight excluding hydrogens is 360 g/mol. The van der Waals surface area contributed by atoms with Gasteiger partial charge in [0, 0.05) is 38.2 Å². The van der Waals surface area contributed by atoms with Crippen LogP contribution in [0.4, 0.5) is 0 Å². The molecule has 2 rings (SSSR count). The summed E-state index contributed by atoms with van der Waals surface area (Å²) in [7, 11) is -1.27. The van der Waals surface area contributed by atoms with Gasteiger partial charge in [-0.1, -0.05) is 21.1 Å². The first-order chi connectivity index (χ1) is 9.90. The third-order valence-electron chi connectivity index (χ3n) is 2.60. The summed E-state index contributed by atoms with van der Waals surface area (Å²) in [4.78, 5) is 24.1. The van der Waals surface area contributed by atoms with E-state index in [0.717, 1.165) is 9.04 Å². The van der Waals surface area contributed by atoms with Crippen molar-refractivity contribution in [1.82, 2.24) is 9.72 Å². The summed E-state index contributed by atoms with van der Waals surface area (Å²) in [5.74, 6) is -1.40. The topological polar surface area (TPSA) is 82.2 Å². The normalized spacial score (nSPS) is 13.2. The number of hydrogen-bond acceptors (Lipinski definition) is 5. The zero-order valence-corrected chi connectivity index (χ0v) is 13.6. The number of carbonyl (C=O) groups excluding carboxylic acids is 1. The Balaban J connectivity index is 2.51. The fourth-order valence-corrected chi connectivity index (χ4v) is 2.58. The number of carbonyl (C=O) groups is 1. The Labute approximate surface area is 131 Å². The average molecular weight is 371 g/mol. The molecule has 6 nitrogen and oxygen atoms in total. The van der Waals surface area contributed by atoms with Crippen LogP contribution in [0, 0.1) is 0 Å². The van der Waals surface area contributed by atoms with E-state index >= 15 is 0 Å². The van der Waals surface area contributed by atoms with Gasteiger partial charge in [-0.15, -0.1) is 0 Å². The monoisotopic (exact) mass is 370 g/mol. The van der Waals surface area contributed by atoms with Gasteiger partial charge in [0.2, 0.25) is 11.6 Å². The van der Waals surface area contributed by atoms with Crippen LogP contribution in [-0.2, 0) is 10.8 Å². The zero-order valence-electron chi connectivity index (χ0n) is 11.2. The lowest BCUT2D eigenvalue weighted by Gasteiger charge is -2.03. The van der Waals surface area contributed by atoms with Crippen molar-refractivity contribution in [3.05, 3.63) is 56.1 Å². The van der Waals surface area contributed by atoms with E-state index in [1.54, 1.807) is 31.2 Å². The second-order valence-electron chi connectivity index (χ2n) is 4.20. The number of benzene rings is 1. The number of hydrogen-bond donors (Lipinski definition) is 0. The molecule has 1 unspecified atom stereocenters. The van der Waals surface area contributed by atoms with E-state index in [4.69, 9.17) is 0 Å². The predicted octanol–water partition coefficient (Wildman–Crippen LogP) is 2.03. The maximum absolute atomic E-state index is 12.4. The van der Waals surface area contributed by atoms with Gasteiger partial charge < -0.3 is 0 Å². The van der Waals surface area contributed by atoms with E-state index < -0.39 is 22.3 Å². The minimum absolute atomic E-state index is 0.151. The summed E-state index contributed by atoms with van der Waals surface area (Å²) in [6.07, 6.45) is 1.46. The molecule has 0 fully saturated rings. The zero-order chi connectivity index (χ0) is 15.6. The van der Waals surface area contributed by atoms with E-state index in [1.165, 1.54) is 11.7 Å². The lowest BCUT2D eigenvalue weighted by atomic mass is 10.1. The molecule has 0 bridgehead atoms. The Kier molecular flexibility index (Phi) is 4.69. The van der Waals surface area contributed by atoms with Crippen molar-refractivity contribution in [3.8, 4) is 0 Å². The molecule has 0 radical (unpaired) electrons. The number of aromatic nitrogens is 2. The molecule has 1 aromatic carbocycles. The number of allylic oxidation sites excluding steroid dienone is 1. The van der Waals surface area contributed by atoms with Gasteiger partial charge in [-0.05, 0) is 31.2 Å². The lowest BCUT2D eigenvalue weighted by molar-refractivity contribution is 0.102. The summed E-state index contributed by atoms with van der Waals surface area (Å²) in [6.45, 7) is 1.55. The Bertz CT molecular complexity index is 789. The van der Waals surface area contributed by atoms with Crippen molar-refractivity contribution in [2.45, 2.75) is 6.92 Å². The second kappa shape index (κ2) is 6.31. The standard InChI is InChI=1S/C13H11BrN2O4S/c1-8(7-21(2)19)16-12(15-20-13(16)18)11(17)9-3-5-10(14)6-4-9/h3-7H,1-2H3/b8-7-. The average Bonchev–Trinajstić information content (AvgIpc) is 2.80. The maximum Gasteiger partial charge on any atom is 0.446 e. The lowest BCUT2D eigenvalue weighted by Crippen LogP contribution is -2.19. The number of ketones is 1. The van der Waals surface area contributed by atoms with Crippen LogP contribution in [0.1, 0.15) is 23.1 Å². The molecule has 110 valence electrons. The van der Waals surface area contributed by atoms with Gasteiger partial charge in [0.15, 0.2) is 0 Å². The highest BCUT2D eigenvalue weighted by Crippen LogP contribution is 2.14. The van der Waals surface area contributed by atoms with Crippen LogP contribution in [0.2, 0.25) is 0 Å². The van der Waals surface area contributed by atoms with Crippen molar-refractivity contribution in [2.75, 3.05) is 6.26 Å². The van der Waals surface area contributed by atoms with Crippen LogP contribution in [0.25, 0.3) is 5.70 Å². The highest BCUT2D eigenvalue weighted by Gasteiger charge is 2.21. The van der Waals surface area contributed by atoms with Crippen molar-refractivity contribution < 1.29 is 13.5 Å². The van der Waals surface area contributed by atoms with E-state index in [0.29, 0.717) is 11.3 Å². The summed E-state index contributed by atoms with van der Waals surface area (Å²) < 4.78 is 17.6. The molecule has 1 aromatic heterocycles. The van der Waals surface area contributed by atoms with Gasteiger partial charge in [0.05, 0.1) is 0 Å². The summed E-state index contributed by atoms with van der Waals surface area (Å²) >= 11 is 3.28. The Morgan fingerprint density at radius 3 is 2.57 bits per heavy atom. The summed E-state index contributed by atoms with van der Waals surface area (Å²) in [5.41, 5.74) is 0.688. The highest BCUT2D eigenvalue weighted by atomic mass is 79.9. The summed E-state index contributed by atoms with van der Waals surface area (Å²) in [6, 6.07) is 6.62. The van der Waals surface area contributed by atoms with Gasteiger partial charge >= 0.3 is 5.76 Å². The smallest absolute Gasteiger partial charge is 0.295 e. The first kappa shape index (κ1) is 15.6. The summed E-state index contributed by atoms with van der Waals surface area (Å²) in [5, 5.41) is 4.86. The number of nitrogens with zero attached hydrogens (tertiary/aromatic N) is 2. The molecular formula is C13H11BrN2O4S. The van der Waals surface area contributed by atoms with Gasteiger partial charge in [0.1, 0.15) is 0 Å². The predicted molar refractivity (Wildman–Crippen MR) is 82.4 cm³/mol.